The smallest absolute Gasteiger partial charge is 0.304 e. The van der Waals surface area contributed by atoms with Crippen LogP contribution in [0, 0.1) is 0 Å². The first-order valence-electron chi connectivity index (χ1n) is 5.23. The van der Waals surface area contributed by atoms with Gasteiger partial charge in [-0.15, -0.1) is 0 Å². The Morgan fingerprint density at radius 3 is 2.82 bits per heavy atom. The number of hydrogen-bond acceptors (Lipinski definition) is 4. The molecule has 5 heteroatoms. The summed E-state index contributed by atoms with van der Waals surface area (Å²) in [7, 11) is 0. The number of oxazole rings is 1. The number of carboxylic acid groups (broad SMARTS) is 1. The van der Waals surface area contributed by atoms with E-state index < -0.39 is 10.7 Å². The lowest BCUT2D eigenvalue weighted by Gasteiger charge is -2.18. The minimum atomic E-state index is -0.821. The van der Waals surface area contributed by atoms with Crippen molar-refractivity contribution in [3.05, 3.63) is 24.3 Å². The molecule has 90 valence electrons. The second-order valence-corrected chi connectivity index (χ2v) is 6.04. The molecule has 0 saturated carbocycles. The quantitative estimate of drug-likeness (QED) is 0.845. The summed E-state index contributed by atoms with van der Waals surface area (Å²) in [6.07, 6.45) is 0.0659. The summed E-state index contributed by atoms with van der Waals surface area (Å²) in [6, 6.07) is 7.48. The summed E-state index contributed by atoms with van der Waals surface area (Å²) in [5.74, 6) is -0.821. The maximum Gasteiger partial charge on any atom is 0.304 e. The van der Waals surface area contributed by atoms with Crippen molar-refractivity contribution in [2.24, 2.45) is 0 Å². The molecule has 0 bridgehead atoms. The fourth-order valence-electron chi connectivity index (χ4n) is 1.53. The van der Waals surface area contributed by atoms with Crippen LogP contribution >= 0.6 is 11.8 Å². The average Bonchev–Trinajstić information content (AvgIpc) is 2.55. The Kier molecular flexibility index (Phi) is 3.11. The predicted octanol–water partition coefficient (Wildman–Crippen LogP) is 3.17. The number of rotatable bonds is 4. The Bertz CT molecular complexity index is 514. The Labute approximate surface area is 103 Å². The molecule has 0 aliphatic rings. The molecule has 0 fully saturated rings. The Morgan fingerprint density at radius 1 is 1.47 bits per heavy atom. The maximum atomic E-state index is 10.7. The maximum absolute atomic E-state index is 10.7. The van der Waals surface area contributed by atoms with Gasteiger partial charge >= 0.3 is 5.97 Å². The lowest BCUT2D eigenvalue weighted by Crippen LogP contribution is -2.19. The van der Waals surface area contributed by atoms with Crippen LogP contribution in [0.4, 0.5) is 0 Å². The van der Waals surface area contributed by atoms with Gasteiger partial charge in [0.15, 0.2) is 5.58 Å². The van der Waals surface area contributed by atoms with Gasteiger partial charge in [-0.3, -0.25) is 4.79 Å². The molecule has 0 unspecified atom stereocenters. The summed E-state index contributed by atoms with van der Waals surface area (Å²) >= 11 is 1.34. The highest BCUT2D eigenvalue weighted by Crippen LogP contribution is 2.35. The Morgan fingerprint density at radius 2 is 2.18 bits per heavy atom. The second-order valence-electron chi connectivity index (χ2n) is 4.38. The average molecular weight is 251 g/mol. The molecule has 0 radical (unpaired) electrons. The van der Waals surface area contributed by atoms with Gasteiger partial charge in [-0.05, 0) is 26.0 Å². The highest BCUT2D eigenvalue weighted by Gasteiger charge is 2.25. The van der Waals surface area contributed by atoms with Crippen LogP contribution in [0.15, 0.2) is 33.9 Å². The molecular formula is C12H13NO3S. The van der Waals surface area contributed by atoms with Crippen LogP contribution in [0.25, 0.3) is 11.1 Å². The first-order chi connectivity index (χ1) is 7.96. The van der Waals surface area contributed by atoms with E-state index in [4.69, 9.17) is 9.52 Å². The van der Waals surface area contributed by atoms with Crippen LogP contribution in [0.1, 0.15) is 20.3 Å². The highest BCUT2D eigenvalue weighted by atomic mass is 32.2. The van der Waals surface area contributed by atoms with E-state index in [-0.39, 0.29) is 6.42 Å². The number of para-hydroxylation sites is 2. The number of carbonyl (C=O) groups is 1. The van der Waals surface area contributed by atoms with Crippen molar-refractivity contribution in [3.63, 3.8) is 0 Å². The third kappa shape index (κ3) is 3.00. The molecule has 0 saturated heterocycles. The zero-order chi connectivity index (χ0) is 12.5. The van der Waals surface area contributed by atoms with Crippen molar-refractivity contribution >= 4 is 28.8 Å². The van der Waals surface area contributed by atoms with Gasteiger partial charge in [0.25, 0.3) is 5.22 Å². The van der Waals surface area contributed by atoms with E-state index >= 15 is 0 Å². The SMILES string of the molecule is CC(C)(CC(=O)O)Sc1nc2ccccc2o1. The first-order valence-corrected chi connectivity index (χ1v) is 6.04. The summed E-state index contributed by atoms with van der Waals surface area (Å²) in [6.45, 7) is 3.72. The van der Waals surface area contributed by atoms with Crippen LogP contribution in [-0.4, -0.2) is 20.8 Å². The lowest BCUT2D eigenvalue weighted by atomic mass is 10.1. The van der Waals surface area contributed by atoms with E-state index in [0.717, 1.165) is 11.1 Å². The Hall–Kier alpha value is -1.49. The minimum absolute atomic E-state index is 0.0659. The van der Waals surface area contributed by atoms with Gasteiger partial charge in [0.2, 0.25) is 0 Å². The van der Waals surface area contributed by atoms with Crippen molar-refractivity contribution in [2.75, 3.05) is 0 Å². The van der Waals surface area contributed by atoms with Crippen LogP contribution in [0.3, 0.4) is 0 Å². The zero-order valence-corrected chi connectivity index (χ0v) is 10.5. The molecule has 1 aromatic heterocycles. The Balaban J connectivity index is 2.20. The molecule has 2 aromatic rings. The van der Waals surface area contributed by atoms with Crippen molar-refractivity contribution in [2.45, 2.75) is 30.2 Å². The van der Waals surface area contributed by atoms with E-state index in [1.165, 1.54) is 11.8 Å². The van der Waals surface area contributed by atoms with E-state index in [0.29, 0.717) is 5.22 Å². The van der Waals surface area contributed by atoms with E-state index in [1.54, 1.807) is 0 Å². The molecule has 1 N–H and O–H groups in total. The number of benzene rings is 1. The fourth-order valence-corrected chi connectivity index (χ4v) is 2.48. The van der Waals surface area contributed by atoms with Crippen molar-refractivity contribution < 1.29 is 14.3 Å². The van der Waals surface area contributed by atoms with Gasteiger partial charge in [-0.2, -0.15) is 0 Å². The van der Waals surface area contributed by atoms with E-state index in [9.17, 15) is 4.79 Å². The summed E-state index contributed by atoms with van der Waals surface area (Å²) in [5.41, 5.74) is 1.52. The standard InChI is InChI=1S/C12H13NO3S/c1-12(2,7-10(14)15)17-11-13-8-5-3-4-6-9(8)16-11/h3-6H,7H2,1-2H3,(H,14,15). The van der Waals surface area contributed by atoms with E-state index in [2.05, 4.69) is 4.98 Å². The summed E-state index contributed by atoms with van der Waals surface area (Å²) in [4.78, 5) is 15.0. The minimum Gasteiger partial charge on any atom is -0.481 e. The molecular weight excluding hydrogens is 238 g/mol. The predicted molar refractivity (Wildman–Crippen MR) is 66.2 cm³/mol. The highest BCUT2D eigenvalue weighted by molar-refractivity contribution is 8.00. The molecule has 1 heterocycles. The van der Waals surface area contributed by atoms with Gasteiger partial charge in [0.05, 0.1) is 6.42 Å². The normalized spacial score (nSPS) is 11.9. The largest absolute Gasteiger partial charge is 0.481 e. The fraction of sp³-hybridized carbons (Fsp3) is 0.333. The third-order valence-corrected chi connectivity index (χ3v) is 3.26. The lowest BCUT2D eigenvalue weighted by molar-refractivity contribution is -0.137. The molecule has 0 aliphatic carbocycles. The second kappa shape index (κ2) is 4.41. The zero-order valence-electron chi connectivity index (χ0n) is 9.64. The first kappa shape index (κ1) is 12.0. The number of aromatic nitrogens is 1. The van der Waals surface area contributed by atoms with Gasteiger partial charge < -0.3 is 9.52 Å². The van der Waals surface area contributed by atoms with Crippen molar-refractivity contribution in [3.8, 4) is 0 Å². The van der Waals surface area contributed by atoms with Crippen molar-refractivity contribution in [1.82, 2.24) is 4.98 Å². The summed E-state index contributed by atoms with van der Waals surface area (Å²) in [5, 5.41) is 9.31. The van der Waals surface area contributed by atoms with E-state index in [1.807, 2.05) is 38.1 Å². The van der Waals surface area contributed by atoms with Crippen LogP contribution in [-0.2, 0) is 4.79 Å². The number of carboxylic acids is 1. The number of fused-ring (bicyclic) bond motifs is 1. The van der Waals surface area contributed by atoms with Crippen LogP contribution < -0.4 is 0 Å². The number of nitrogens with zero attached hydrogens (tertiary/aromatic N) is 1. The molecule has 17 heavy (non-hydrogen) atoms. The van der Waals surface area contributed by atoms with Gasteiger partial charge in [0, 0.05) is 4.75 Å². The molecule has 0 atom stereocenters. The number of hydrogen-bond donors (Lipinski definition) is 1. The molecule has 1 aromatic carbocycles. The third-order valence-electron chi connectivity index (χ3n) is 2.21. The number of aliphatic carboxylic acids is 1. The molecule has 0 spiro atoms. The number of thioether (sulfide) groups is 1. The molecule has 2 rings (SSSR count). The van der Waals surface area contributed by atoms with Crippen molar-refractivity contribution in [1.29, 1.82) is 0 Å². The van der Waals surface area contributed by atoms with Crippen LogP contribution in [0.5, 0.6) is 0 Å². The van der Waals surface area contributed by atoms with Gasteiger partial charge in [-0.25, -0.2) is 4.98 Å². The monoisotopic (exact) mass is 251 g/mol. The van der Waals surface area contributed by atoms with Gasteiger partial charge in [0.1, 0.15) is 5.52 Å². The molecule has 0 aliphatic heterocycles. The topological polar surface area (TPSA) is 63.3 Å². The van der Waals surface area contributed by atoms with Crippen LogP contribution in [0.2, 0.25) is 0 Å². The molecule has 4 nitrogen and oxygen atoms in total. The summed E-state index contributed by atoms with van der Waals surface area (Å²) < 4.78 is 5.11. The van der Waals surface area contributed by atoms with Gasteiger partial charge in [-0.1, -0.05) is 23.9 Å². The molecule has 0 amide bonds.